The lowest BCUT2D eigenvalue weighted by Crippen LogP contribution is -2.45. The van der Waals surface area contributed by atoms with Crippen LogP contribution in [0.25, 0.3) is 0 Å². The highest BCUT2D eigenvalue weighted by atomic mass is 16.3. The molecule has 2 unspecified atom stereocenters. The zero-order valence-electron chi connectivity index (χ0n) is 11.1. The highest BCUT2D eigenvalue weighted by Crippen LogP contribution is 2.32. The molecule has 0 aromatic heterocycles. The van der Waals surface area contributed by atoms with Gasteiger partial charge in [-0.15, -0.1) is 0 Å². The van der Waals surface area contributed by atoms with Crippen LogP contribution in [0, 0.1) is 0 Å². The summed E-state index contributed by atoms with van der Waals surface area (Å²) in [6.07, 6.45) is -0.0770. The van der Waals surface area contributed by atoms with Crippen LogP contribution in [0.1, 0.15) is 25.8 Å². The molecule has 0 bridgehead atoms. The first-order chi connectivity index (χ1) is 8.96. The zero-order valence-corrected chi connectivity index (χ0v) is 11.1. The fourth-order valence-corrected chi connectivity index (χ4v) is 2.30. The summed E-state index contributed by atoms with van der Waals surface area (Å²) in [5, 5.41) is 11.7. The minimum atomic E-state index is -1.01. The van der Waals surface area contributed by atoms with E-state index in [4.69, 9.17) is 0 Å². The second-order valence-electron chi connectivity index (χ2n) is 4.99. The molecule has 1 aromatic carbocycles. The standard InChI is InChI=1S/C14H18N2O3/c1-10(17)8-9-16-13(19)15-12(18)14(16,2)11-6-4-3-5-7-11/h3-7,10,17H,8-9H2,1-2H3,(H,15,18,19). The number of carbonyl (C=O) groups excluding carboxylic acids is 2. The summed E-state index contributed by atoms with van der Waals surface area (Å²) in [5.74, 6) is -0.325. The third kappa shape index (κ3) is 2.33. The molecule has 1 saturated heterocycles. The van der Waals surface area contributed by atoms with Crippen LogP contribution < -0.4 is 5.32 Å². The normalized spacial score (nSPS) is 24.5. The van der Waals surface area contributed by atoms with E-state index in [0.717, 1.165) is 5.56 Å². The van der Waals surface area contributed by atoms with Crippen LogP contribution in [0.15, 0.2) is 30.3 Å². The van der Waals surface area contributed by atoms with Crippen molar-refractivity contribution < 1.29 is 14.7 Å². The summed E-state index contributed by atoms with van der Waals surface area (Å²) < 4.78 is 0. The maximum absolute atomic E-state index is 12.1. The molecule has 19 heavy (non-hydrogen) atoms. The van der Waals surface area contributed by atoms with Gasteiger partial charge in [-0.3, -0.25) is 10.1 Å². The Morgan fingerprint density at radius 2 is 1.95 bits per heavy atom. The van der Waals surface area contributed by atoms with Crippen molar-refractivity contribution in [2.45, 2.75) is 31.9 Å². The van der Waals surface area contributed by atoms with Gasteiger partial charge in [0.1, 0.15) is 5.54 Å². The predicted octanol–water partition coefficient (Wildman–Crippen LogP) is 1.22. The Balaban J connectivity index is 2.34. The Kier molecular flexibility index (Phi) is 3.57. The Hall–Kier alpha value is -1.88. The minimum absolute atomic E-state index is 0.325. The van der Waals surface area contributed by atoms with Crippen molar-refractivity contribution in [2.75, 3.05) is 6.54 Å². The van der Waals surface area contributed by atoms with E-state index in [1.165, 1.54) is 4.90 Å². The molecule has 1 aliphatic rings. The molecule has 102 valence electrons. The molecule has 5 heteroatoms. The molecule has 2 atom stereocenters. The van der Waals surface area contributed by atoms with Crippen LogP contribution in [-0.4, -0.2) is 34.6 Å². The Morgan fingerprint density at radius 1 is 1.32 bits per heavy atom. The molecule has 0 radical (unpaired) electrons. The molecule has 1 aromatic rings. The molecule has 1 heterocycles. The van der Waals surface area contributed by atoms with Crippen molar-refractivity contribution in [3.63, 3.8) is 0 Å². The number of nitrogens with zero attached hydrogens (tertiary/aromatic N) is 1. The lowest BCUT2D eigenvalue weighted by Gasteiger charge is -2.32. The molecule has 5 nitrogen and oxygen atoms in total. The van der Waals surface area contributed by atoms with Crippen LogP contribution in [0.2, 0.25) is 0 Å². The fourth-order valence-electron chi connectivity index (χ4n) is 2.30. The summed E-state index contributed by atoms with van der Waals surface area (Å²) in [6, 6.07) is 8.78. The van der Waals surface area contributed by atoms with E-state index in [9.17, 15) is 14.7 Å². The van der Waals surface area contributed by atoms with E-state index in [-0.39, 0.29) is 5.91 Å². The summed E-state index contributed by atoms with van der Waals surface area (Å²) in [4.78, 5) is 25.5. The number of nitrogens with one attached hydrogen (secondary N) is 1. The van der Waals surface area contributed by atoms with Crippen molar-refractivity contribution in [3.8, 4) is 0 Å². The summed E-state index contributed by atoms with van der Waals surface area (Å²) in [6.45, 7) is 3.72. The molecule has 3 amide bonds. The molecule has 1 aliphatic heterocycles. The maximum Gasteiger partial charge on any atom is 0.325 e. The SMILES string of the molecule is CC(O)CCN1C(=O)NC(=O)C1(C)c1ccccc1. The van der Waals surface area contributed by atoms with Gasteiger partial charge in [0.2, 0.25) is 0 Å². The van der Waals surface area contributed by atoms with Gasteiger partial charge in [-0.1, -0.05) is 30.3 Å². The molecule has 0 saturated carbocycles. The van der Waals surface area contributed by atoms with Gasteiger partial charge in [-0.25, -0.2) is 4.79 Å². The number of benzene rings is 1. The molecule has 1 fully saturated rings. The van der Waals surface area contributed by atoms with Gasteiger partial charge in [0, 0.05) is 6.54 Å². The Morgan fingerprint density at radius 3 is 2.53 bits per heavy atom. The fraction of sp³-hybridized carbons (Fsp3) is 0.429. The number of carbonyl (C=O) groups is 2. The first-order valence-corrected chi connectivity index (χ1v) is 6.33. The third-order valence-corrected chi connectivity index (χ3v) is 3.55. The van der Waals surface area contributed by atoms with Gasteiger partial charge >= 0.3 is 6.03 Å². The summed E-state index contributed by atoms with van der Waals surface area (Å²) in [5.41, 5.74) is -0.239. The van der Waals surface area contributed by atoms with E-state index >= 15 is 0 Å². The topological polar surface area (TPSA) is 69.6 Å². The predicted molar refractivity (Wildman–Crippen MR) is 70.3 cm³/mol. The van der Waals surface area contributed by atoms with E-state index in [1.807, 2.05) is 30.3 Å². The molecular formula is C14H18N2O3. The molecular weight excluding hydrogens is 244 g/mol. The summed E-state index contributed by atoms with van der Waals surface area (Å²) >= 11 is 0. The van der Waals surface area contributed by atoms with Gasteiger partial charge in [0.15, 0.2) is 0 Å². The molecule has 0 spiro atoms. The minimum Gasteiger partial charge on any atom is -0.393 e. The second kappa shape index (κ2) is 5.01. The zero-order chi connectivity index (χ0) is 14.0. The monoisotopic (exact) mass is 262 g/mol. The van der Waals surface area contributed by atoms with Gasteiger partial charge in [0.25, 0.3) is 5.91 Å². The van der Waals surface area contributed by atoms with Crippen LogP contribution in [0.4, 0.5) is 4.79 Å². The maximum atomic E-state index is 12.1. The average molecular weight is 262 g/mol. The van der Waals surface area contributed by atoms with Crippen LogP contribution in [0.3, 0.4) is 0 Å². The van der Waals surface area contributed by atoms with E-state index in [0.29, 0.717) is 13.0 Å². The molecule has 2 N–H and O–H groups in total. The summed E-state index contributed by atoms with van der Waals surface area (Å²) in [7, 11) is 0. The number of hydrogen-bond donors (Lipinski definition) is 2. The molecule has 0 aliphatic carbocycles. The number of hydrogen-bond acceptors (Lipinski definition) is 3. The number of imide groups is 1. The second-order valence-corrected chi connectivity index (χ2v) is 4.99. The van der Waals surface area contributed by atoms with Crippen molar-refractivity contribution in [1.29, 1.82) is 0 Å². The van der Waals surface area contributed by atoms with Crippen molar-refractivity contribution in [1.82, 2.24) is 10.2 Å². The number of urea groups is 1. The van der Waals surface area contributed by atoms with Crippen molar-refractivity contribution >= 4 is 11.9 Å². The number of rotatable bonds is 4. The smallest absolute Gasteiger partial charge is 0.325 e. The quantitative estimate of drug-likeness (QED) is 0.802. The number of amides is 3. The Bertz CT molecular complexity index is 487. The highest BCUT2D eigenvalue weighted by Gasteiger charge is 2.50. The third-order valence-electron chi connectivity index (χ3n) is 3.55. The van der Waals surface area contributed by atoms with E-state index in [2.05, 4.69) is 5.32 Å². The van der Waals surface area contributed by atoms with Crippen LogP contribution in [-0.2, 0) is 10.3 Å². The first kappa shape index (κ1) is 13.5. The Labute approximate surface area is 112 Å². The number of aliphatic hydroxyl groups is 1. The first-order valence-electron chi connectivity index (χ1n) is 6.33. The van der Waals surface area contributed by atoms with E-state index in [1.54, 1.807) is 13.8 Å². The van der Waals surface area contributed by atoms with Crippen LogP contribution in [0.5, 0.6) is 0 Å². The van der Waals surface area contributed by atoms with Gasteiger partial charge in [0.05, 0.1) is 6.10 Å². The van der Waals surface area contributed by atoms with Gasteiger partial charge in [-0.05, 0) is 25.8 Å². The van der Waals surface area contributed by atoms with Crippen LogP contribution >= 0.6 is 0 Å². The van der Waals surface area contributed by atoms with Crippen molar-refractivity contribution in [2.24, 2.45) is 0 Å². The van der Waals surface area contributed by atoms with Gasteiger partial charge < -0.3 is 10.0 Å². The largest absolute Gasteiger partial charge is 0.393 e. The van der Waals surface area contributed by atoms with E-state index < -0.39 is 17.7 Å². The lowest BCUT2D eigenvalue weighted by molar-refractivity contribution is -0.126. The van der Waals surface area contributed by atoms with Gasteiger partial charge in [-0.2, -0.15) is 0 Å². The average Bonchev–Trinajstić information content (AvgIpc) is 2.60. The highest BCUT2D eigenvalue weighted by molar-refractivity contribution is 6.07. The van der Waals surface area contributed by atoms with Crippen molar-refractivity contribution in [3.05, 3.63) is 35.9 Å². The number of aliphatic hydroxyl groups excluding tert-OH is 1. The molecule has 2 rings (SSSR count). The lowest BCUT2D eigenvalue weighted by atomic mass is 9.90.